The largest absolute Gasteiger partial charge is 0.373 e. The lowest BCUT2D eigenvalue weighted by Gasteiger charge is -2.22. The van der Waals surface area contributed by atoms with Gasteiger partial charge in [0, 0.05) is 12.8 Å². The van der Waals surface area contributed by atoms with Crippen LogP contribution in [0.2, 0.25) is 0 Å². The SMILES string of the molecule is O=C(COCCC1CCNCC1)c1ccccn1. The van der Waals surface area contributed by atoms with Crippen LogP contribution in [0.1, 0.15) is 29.8 Å². The van der Waals surface area contributed by atoms with Gasteiger partial charge in [-0.25, -0.2) is 0 Å². The van der Waals surface area contributed by atoms with E-state index in [1.54, 1.807) is 18.3 Å². The molecule has 0 amide bonds. The van der Waals surface area contributed by atoms with Gasteiger partial charge < -0.3 is 10.1 Å². The molecule has 1 aliphatic rings. The fourth-order valence-electron chi connectivity index (χ4n) is 2.19. The predicted octanol–water partition coefficient (Wildman–Crippen LogP) is 1.67. The van der Waals surface area contributed by atoms with Gasteiger partial charge in [0.15, 0.2) is 0 Å². The first-order chi connectivity index (χ1) is 8.86. The first-order valence-corrected chi connectivity index (χ1v) is 6.59. The molecule has 1 aliphatic heterocycles. The number of nitrogens with zero attached hydrogens (tertiary/aromatic N) is 1. The van der Waals surface area contributed by atoms with Crippen molar-refractivity contribution >= 4 is 5.78 Å². The monoisotopic (exact) mass is 248 g/mol. The summed E-state index contributed by atoms with van der Waals surface area (Å²) in [6, 6.07) is 5.34. The molecule has 0 radical (unpaired) electrons. The molecule has 1 fully saturated rings. The highest BCUT2D eigenvalue weighted by molar-refractivity contribution is 5.95. The van der Waals surface area contributed by atoms with Gasteiger partial charge >= 0.3 is 0 Å². The molecule has 2 heterocycles. The van der Waals surface area contributed by atoms with Crippen LogP contribution in [-0.2, 0) is 4.74 Å². The summed E-state index contributed by atoms with van der Waals surface area (Å²) in [5.74, 6) is 0.706. The molecule has 2 rings (SSSR count). The Morgan fingerprint density at radius 3 is 2.94 bits per heavy atom. The normalized spacial score (nSPS) is 16.7. The summed E-state index contributed by atoms with van der Waals surface area (Å²) < 4.78 is 5.44. The molecule has 0 unspecified atom stereocenters. The summed E-state index contributed by atoms with van der Waals surface area (Å²) in [6.45, 7) is 3.03. The van der Waals surface area contributed by atoms with Crippen molar-refractivity contribution in [3.8, 4) is 0 Å². The van der Waals surface area contributed by atoms with Crippen LogP contribution in [0.15, 0.2) is 24.4 Å². The minimum Gasteiger partial charge on any atom is -0.373 e. The Hall–Kier alpha value is -1.26. The van der Waals surface area contributed by atoms with E-state index in [0.717, 1.165) is 25.4 Å². The molecule has 4 nitrogen and oxygen atoms in total. The van der Waals surface area contributed by atoms with Crippen LogP contribution >= 0.6 is 0 Å². The molecule has 0 atom stereocenters. The number of ketones is 1. The minimum atomic E-state index is -0.0408. The van der Waals surface area contributed by atoms with Crippen LogP contribution in [0.25, 0.3) is 0 Å². The molecule has 0 spiro atoms. The number of carbonyl (C=O) groups excluding carboxylic acids is 1. The second-order valence-electron chi connectivity index (χ2n) is 4.67. The molecule has 1 aromatic heterocycles. The zero-order valence-corrected chi connectivity index (χ0v) is 10.6. The highest BCUT2D eigenvalue weighted by Crippen LogP contribution is 2.15. The highest BCUT2D eigenvalue weighted by atomic mass is 16.5. The van der Waals surface area contributed by atoms with E-state index in [4.69, 9.17) is 4.74 Å². The maximum absolute atomic E-state index is 11.7. The minimum absolute atomic E-state index is 0.0408. The van der Waals surface area contributed by atoms with Crippen LogP contribution in [0, 0.1) is 5.92 Å². The number of hydrogen-bond donors (Lipinski definition) is 1. The molecule has 4 heteroatoms. The molecule has 0 aromatic carbocycles. The van der Waals surface area contributed by atoms with E-state index in [1.807, 2.05) is 6.07 Å². The topological polar surface area (TPSA) is 51.2 Å². The molecule has 1 aromatic rings. The van der Waals surface area contributed by atoms with Crippen LogP contribution in [0.5, 0.6) is 0 Å². The van der Waals surface area contributed by atoms with E-state index in [0.29, 0.717) is 12.3 Å². The second kappa shape index (κ2) is 7.24. The Balaban J connectivity index is 1.62. The lowest BCUT2D eigenvalue weighted by atomic mass is 9.95. The average Bonchev–Trinajstić information content (AvgIpc) is 2.45. The summed E-state index contributed by atoms with van der Waals surface area (Å²) in [4.78, 5) is 15.7. The van der Waals surface area contributed by atoms with Gasteiger partial charge in [-0.05, 0) is 50.4 Å². The van der Waals surface area contributed by atoms with Crippen LogP contribution in [-0.4, -0.2) is 37.1 Å². The van der Waals surface area contributed by atoms with Gasteiger partial charge in [-0.2, -0.15) is 0 Å². The number of aromatic nitrogens is 1. The number of Topliss-reactive ketones (excluding diaryl/α,β-unsaturated/α-hetero) is 1. The zero-order valence-electron chi connectivity index (χ0n) is 10.6. The molecule has 98 valence electrons. The molecule has 0 bridgehead atoms. The van der Waals surface area contributed by atoms with Crippen molar-refractivity contribution in [2.75, 3.05) is 26.3 Å². The highest BCUT2D eigenvalue weighted by Gasteiger charge is 2.13. The standard InChI is InChI=1S/C14H20N2O2/c17-14(13-3-1-2-7-16-13)11-18-10-6-12-4-8-15-9-5-12/h1-3,7,12,15H,4-6,8-11H2. The van der Waals surface area contributed by atoms with Crippen molar-refractivity contribution < 1.29 is 9.53 Å². The van der Waals surface area contributed by atoms with E-state index in [9.17, 15) is 4.79 Å². The Labute approximate surface area is 108 Å². The van der Waals surface area contributed by atoms with E-state index < -0.39 is 0 Å². The third kappa shape index (κ3) is 4.20. The van der Waals surface area contributed by atoms with Gasteiger partial charge in [0.1, 0.15) is 12.3 Å². The van der Waals surface area contributed by atoms with Crippen molar-refractivity contribution in [3.05, 3.63) is 30.1 Å². The smallest absolute Gasteiger partial charge is 0.206 e. The summed E-state index contributed by atoms with van der Waals surface area (Å²) in [6.07, 6.45) is 5.12. The first-order valence-electron chi connectivity index (χ1n) is 6.59. The summed E-state index contributed by atoms with van der Waals surface area (Å²) in [7, 11) is 0. The molecular formula is C14H20N2O2. The number of rotatable bonds is 6. The lowest BCUT2D eigenvalue weighted by molar-refractivity contribution is 0.0718. The van der Waals surface area contributed by atoms with Crippen molar-refractivity contribution in [3.63, 3.8) is 0 Å². The number of piperidine rings is 1. The zero-order chi connectivity index (χ0) is 12.6. The van der Waals surface area contributed by atoms with Crippen molar-refractivity contribution in [2.45, 2.75) is 19.3 Å². The molecule has 18 heavy (non-hydrogen) atoms. The molecule has 1 N–H and O–H groups in total. The summed E-state index contributed by atoms with van der Waals surface area (Å²) in [5, 5.41) is 3.34. The number of ether oxygens (including phenoxy) is 1. The van der Waals surface area contributed by atoms with Gasteiger partial charge in [-0.3, -0.25) is 9.78 Å². The average molecular weight is 248 g/mol. The van der Waals surface area contributed by atoms with E-state index in [2.05, 4.69) is 10.3 Å². The lowest BCUT2D eigenvalue weighted by Crippen LogP contribution is -2.28. The van der Waals surface area contributed by atoms with Crippen LogP contribution < -0.4 is 5.32 Å². The van der Waals surface area contributed by atoms with Crippen molar-refractivity contribution in [2.24, 2.45) is 5.92 Å². The first kappa shape index (κ1) is 13.2. The fourth-order valence-corrected chi connectivity index (χ4v) is 2.19. The molecule has 0 aliphatic carbocycles. The third-order valence-electron chi connectivity index (χ3n) is 3.31. The number of hydrogen-bond acceptors (Lipinski definition) is 4. The Kier molecular flexibility index (Phi) is 5.30. The van der Waals surface area contributed by atoms with Crippen LogP contribution in [0.4, 0.5) is 0 Å². The predicted molar refractivity (Wildman–Crippen MR) is 69.6 cm³/mol. The van der Waals surface area contributed by atoms with Gasteiger partial charge in [0.25, 0.3) is 0 Å². The summed E-state index contributed by atoms with van der Waals surface area (Å²) in [5.41, 5.74) is 0.486. The molecular weight excluding hydrogens is 228 g/mol. The fraction of sp³-hybridized carbons (Fsp3) is 0.571. The van der Waals surface area contributed by atoms with E-state index >= 15 is 0 Å². The van der Waals surface area contributed by atoms with E-state index in [-0.39, 0.29) is 12.4 Å². The number of nitrogens with one attached hydrogen (secondary N) is 1. The molecule has 1 saturated heterocycles. The Morgan fingerprint density at radius 2 is 2.22 bits per heavy atom. The van der Waals surface area contributed by atoms with Crippen molar-refractivity contribution in [1.82, 2.24) is 10.3 Å². The maximum atomic E-state index is 11.7. The van der Waals surface area contributed by atoms with E-state index in [1.165, 1.54) is 12.8 Å². The Morgan fingerprint density at radius 1 is 1.39 bits per heavy atom. The maximum Gasteiger partial charge on any atom is 0.206 e. The summed E-state index contributed by atoms with van der Waals surface area (Å²) >= 11 is 0. The van der Waals surface area contributed by atoms with Crippen molar-refractivity contribution in [1.29, 1.82) is 0 Å². The second-order valence-corrected chi connectivity index (χ2v) is 4.67. The Bertz CT molecular complexity index is 361. The quantitative estimate of drug-likeness (QED) is 0.614. The van der Waals surface area contributed by atoms with Crippen LogP contribution in [0.3, 0.4) is 0 Å². The van der Waals surface area contributed by atoms with Gasteiger partial charge in [0.05, 0.1) is 0 Å². The molecule has 0 saturated carbocycles. The van der Waals surface area contributed by atoms with Gasteiger partial charge in [-0.15, -0.1) is 0 Å². The number of pyridine rings is 1. The number of carbonyl (C=O) groups is 1. The van der Waals surface area contributed by atoms with Gasteiger partial charge in [0.2, 0.25) is 5.78 Å². The van der Waals surface area contributed by atoms with Gasteiger partial charge in [-0.1, -0.05) is 6.07 Å². The third-order valence-corrected chi connectivity index (χ3v) is 3.31.